The number of methoxy groups -OCH3 is 2. The molecule has 0 fully saturated rings. The van der Waals surface area contributed by atoms with E-state index in [1.165, 1.54) is 7.11 Å². The number of esters is 1. The van der Waals surface area contributed by atoms with Crippen molar-refractivity contribution >= 4 is 11.9 Å². The molecular formula is C20H20F3NO5. The number of rotatable bonds is 7. The lowest BCUT2D eigenvalue weighted by atomic mass is 10.0. The van der Waals surface area contributed by atoms with Gasteiger partial charge in [0.05, 0.1) is 19.8 Å². The first-order valence-electron chi connectivity index (χ1n) is 8.52. The van der Waals surface area contributed by atoms with E-state index in [4.69, 9.17) is 4.74 Å². The lowest BCUT2D eigenvalue weighted by molar-refractivity contribution is -0.146. The maximum absolute atomic E-state index is 12.6. The maximum Gasteiger partial charge on any atom is 0.416 e. The third-order valence-electron chi connectivity index (χ3n) is 4.20. The molecular weight excluding hydrogens is 391 g/mol. The van der Waals surface area contributed by atoms with Crippen LogP contribution < -0.4 is 10.1 Å². The quantitative estimate of drug-likeness (QED) is 0.685. The second-order valence-electron chi connectivity index (χ2n) is 6.16. The minimum Gasteiger partial charge on any atom is -0.497 e. The minimum atomic E-state index is -4.53. The molecule has 2 rings (SSSR count). The Kier molecular flexibility index (Phi) is 7.22. The Balaban J connectivity index is 2.10. The van der Waals surface area contributed by atoms with E-state index in [9.17, 15) is 27.9 Å². The van der Waals surface area contributed by atoms with E-state index in [0.29, 0.717) is 11.3 Å². The number of benzene rings is 2. The summed E-state index contributed by atoms with van der Waals surface area (Å²) in [6.45, 7) is 0. The lowest BCUT2D eigenvalue weighted by Crippen LogP contribution is -2.45. The van der Waals surface area contributed by atoms with E-state index in [-0.39, 0.29) is 12.0 Å². The van der Waals surface area contributed by atoms with Crippen LogP contribution in [0.1, 0.15) is 22.8 Å². The summed E-state index contributed by atoms with van der Waals surface area (Å²) in [4.78, 5) is 24.4. The van der Waals surface area contributed by atoms with Crippen LogP contribution in [-0.4, -0.2) is 37.2 Å². The first-order chi connectivity index (χ1) is 13.7. The van der Waals surface area contributed by atoms with Gasteiger partial charge in [-0.05, 0) is 35.4 Å². The Morgan fingerprint density at radius 3 is 2.10 bits per heavy atom. The highest BCUT2D eigenvalue weighted by Gasteiger charge is 2.31. The summed E-state index contributed by atoms with van der Waals surface area (Å²) in [5, 5.41) is 12.5. The van der Waals surface area contributed by atoms with Gasteiger partial charge in [0.2, 0.25) is 0 Å². The van der Waals surface area contributed by atoms with Gasteiger partial charge >= 0.3 is 12.1 Å². The predicted molar refractivity (Wildman–Crippen MR) is 97.0 cm³/mol. The first-order valence-corrected chi connectivity index (χ1v) is 8.52. The number of hydrogen-bond acceptors (Lipinski definition) is 5. The molecule has 156 valence electrons. The molecule has 0 aliphatic rings. The molecule has 29 heavy (non-hydrogen) atoms. The molecule has 0 radical (unpaired) electrons. The van der Waals surface area contributed by atoms with Crippen LogP contribution in [0.2, 0.25) is 0 Å². The number of hydrogen-bond donors (Lipinski definition) is 2. The second-order valence-corrected chi connectivity index (χ2v) is 6.16. The Morgan fingerprint density at radius 2 is 1.62 bits per heavy atom. The monoisotopic (exact) mass is 411 g/mol. The van der Waals surface area contributed by atoms with Crippen molar-refractivity contribution in [1.82, 2.24) is 5.32 Å². The summed E-state index contributed by atoms with van der Waals surface area (Å²) in [6, 6.07) is 9.21. The van der Waals surface area contributed by atoms with Crippen molar-refractivity contribution in [3.63, 3.8) is 0 Å². The Bertz CT molecular complexity index is 835. The lowest BCUT2D eigenvalue weighted by Gasteiger charge is -2.19. The van der Waals surface area contributed by atoms with Crippen molar-refractivity contribution in [1.29, 1.82) is 0 Å². The van der Waals surface area contributed by atoms with Crippen LogP contribution in [0.4, 0.5) is 13.2 Å². The molecule has 6 nitrogen and oxygen atoms in total. The van der Waals surface area contributed by atoms with E-state index in [2.05, 4.69) is 10.1 Å². The fourth-order valence-electron chi connectivity index (χ4n) is 2.59. The molecule has 0 spiro atoms. The maximum atomic E-state index is 12.6. The molecule has 0 saturated carbocycles. The molecule has 2 aromatic carbocycles. The van der Waals surface area contributed by atoms with Crippen LogP contribution in [0.3, 0.4) is 0 Å². The molecule has 0 aliphatic carbocycles. The fourth-order valence-corrected chi connectivity index (χ4v) is 2.59. The largest absolute Gasteiger partial charge is 0.497 e. The zero-order valence-electron chi connectivity index (χ0n) is 15.7. The normalized spacial score (nSPS) is 13.3. The highest BCUT2D eigenvalue weighted by Crippen LogP contribution is 2.30. The van der Waals surface area contributed by atoms with Gasteiger partial charge in [-0.2, -0.15) is 13.2 Å². The Morgan fingerprint density at radius 1 is 1.03 bits per heavy atom. The molecule has 2 N–H and O–H groups in total. The number of carbonyl (C=O) groups excluding carboxylic acids is 2. The summed E-state index contributed by atoms with van der Waals surface area (Å²) >= 11 is 0. The number of carbonyl (C=O) groups is 2. The van der Waals surface area contributed by atoms with E-state index in [0.717, 1.165) is 31.4 Å². The Labute approximate surface area is 165 Å². The van der Waals surface area contributed by atoms with Gasteiger partial charge in [-0.1, -0.05) is 24.3 Å². The van der Waals surface area contributed by atoms with Gasteiger partial charge in [-0.25, -0.2) is 4.79 Å². The van der Waals surface area contributed by atoms with E-state index in [1.54, 1.807) is 24.3 Å². The van der Waals surface area contributed by atoms with Crippen LogP contribution in [0, 0.1) is 0 Å². The Hall–Kier alpha value is -3.07. The number of amides is 1. The molecule has 2 atom stereocenters. The number of halogens is 3. The molecule has 0 aliphatic heterocycles. The SMILES string of the molecule is COC(=O)[C@@H](Cc1ccc(OC)cc1)NC(=O)[C@@H](O)c1ccc(C(F)(F)F)cc1. The first kappa shape index (κ1) is 22.2. The van der Waals surface area contributed by atoms with Gasteiger partial charge in [-0.15, -0.1) is 0 Å². The van der Waals surface area contributed by atoms with Crippen LogP contribution in [0.25, 0.3) is 0 Å². The van der Waals surface area contributed by atoms with Crippen molar-refractivity contribution in [3.8, 4) is 5.75 Å². The molecule has 0 heterocycles. The van der Waals surface area contributed by atoms with Crippen molar-refractivity contribution in [3.05, 3.63) is 65.2 Å². The van der Waals surface area contributed by atoms with E-state index in [1.807, 2.05) is 0 Å². The highest BCUT2D eigenvalue weighted by atomic mass is 19.4. The predicted octanol–water partition coefficient (Wildman–Crippen LogP) is 2.65. The molecule has 0 aromatic heterocycles. The molecule has 0 unspecified atom stereocenters. The molecule has 2 aromatic rings. The van der Waals surface area contributed by atoms with Gasteiger partial charge in [0.15, 0.2) is 6.10 Å². The molecule has 0 bridgehead atoms. The summed E-state index contributed by atoms with van der Waals surface area (Å²) in [7, 11) is 2.66. The van der Waals surface area contributed by atoms with Crippen molar-refractivity contribution in [2.75, 3.05) is 14.2 Å². The number of alkyl halides is 3. The zero-order valence-corrected chi connectivity index (χ0v) is 15.7. The van der Waals surface area contributed by atoms with Gasteiger partial charge in [-0.3, -0.25) is 4.79 Å². The van der Waals surface area contributed by atoms with Crippen LogP contribution in [0.5, 0.6) is 5.75 Å². The summed E-state index contributed by atoms with van der Waals surface area (Å²) in [6.07, 6.45) is -6.19. The number of ether oxygens (including phenoxy) is 2. The van der Waals surface area contributed by atoms with Gasteiger partial charge in [0.1, 0.15) is 11.8 Å². The average molecular weight is 411 g/mol. The molecule has 9 heteroatoms. The second kappa shape index (κ2) is 9.42. The topological polar surface area (TPSA) is 84.9 Å². The summed E-state index contributed by atoms with van der Waals surface area (Å²) in [5.41, 5.74) is -0.241. The van der Waals surface area contributed by atoms with Crippen LogP contribution in [0.15, 0.2) is 48.5 Å². The third kappa shape index (κ3) is 5.95. The number of aliphatic hydroxyl groups excluding tert-OH is 1. The average Bonchev–Trinajstić information content (AvgIpc) is 2.72. The number of nitrogens with one attached hydrogen (secondary N) is 1. The van der Waals surface area contributed by atoms with E-state index < -0.39 is 35.8 Å². The number of aliphatic hydroxyl groups is 1. The van der Waals surface area contributed by atoms with Crippen LogP contribution in [-0.2, 0) is 26.9 Å². The zero-order chi connectivity index (χ0) is 21.6. The summed E-state index contributed by atoms with van der Waals surface area (Å²) in [5.74, 6) is -1.05. The van der Waals surface area contributed by atoms with Crippen molar-refractivity contribution in [2.24, 2.45) is 0 Å². The van der Waals surface area contributed by atoms with Gasteiger partial charge in [0, 0.05) is 6.42 Å². The fraction of sp³-hybridized carbons (Fsp3) is 0.300. The van der Waals surface area contributed by atoms with Crippen molar-refractivity contribution in [2.45, 2.75) is 24.7 Å². The smallest absolute Gasteiger partial charge is 0.416 e. The minimum absolute atomic E-state index is 0.0384. The van der Waals surface area contributed by atoms with Crippen molar-refractivity contribution < 1.29 is 37.3 Å². The van der Waals surface area contributed by atoms with Crippen LogP contribution >= 0.6 is 0 Å². The highest BCUT2D eigenvalue weighted by molar-refractivity contribution is 5.87. The third-order valence-corrected chi connectivity index (χ3v) is 4.20. The molecule has 1 amide bonds. The standard InChI is InChI=1S/C20H20F3NO5/c1-28-15-9-3-12(4-10-15)11-16(19(27)29-2)24-18(26)17(25)13-5-7-14(8-6-13)20(21,22)23/h3-10,16-17,25H,11H2,1-2H3,(H,24,26)/t16-,17+/m1/s1. The summed E-state index contributed by atoms with van der Waals surface area (Å²) < 4.78 is 47.6. The molecule has 0 saturated heterocycles. The van der Waals surface area contributed by atoms with Gasteiger partial charge in [0.25, 0.3) is 5.91 Å². The van der Waals surface area contributed by atoms with E-state index >= 15 is 0 Å². The van der Waals surface area contributed by atoms with Gasteiger partial charge < -0.3 is 19.9 Å².